The van der Waals surface area contributed by atoms with Crippen molar-refractivity contribution in [2.24, 2.45) is 0 Å². The molecule has 9 heteroatoms. The van der Waals surface area contributed by atoms with Crippen LogP contribution in [0.1, 0.15) is 36.8 Å². The molecule has 0 saturated heterocycles. The van der Waals surface area contributed by atoms with Gasteiger partial charge in [0.25, 0.3) is 0 Å². The lowest BCUT2D eigenvalue weighted by molar-refractivity contribution is -0.137. The van der Waals surface area contributed by atoms with E-state index in [2.05, 4.69) is 20.6 Å². The second-order valence-electron chi connectivity index (χ2n) is 7.44. The number of aromatic nitrogens is 2. The maximum absolute atomic E-state index is 13.4. The number of alkyl halides is 3. The Morgan fingerprint density at radius 3 is 2.19 bits per heavy atom. The number of nitriles is 1. The molecule has 1 fully saturated rings. The first-order chi connectivity index (χ1) is 15.4. The van der Waals surface area contributed by atoms with Crippen molar-refractivity contribution in [3.8, 4) is 11.8 Å². The molecule has 32 heavy (non-hydrogen) atoms. The van der Waals surface area contributed by atoms with Crippen molar-refractivity contribution in [2.45, 2.75) is 38.0 Å². The SMILES string of the molecule is N#Cc1ccc(Nc2nc(Nc3ccc(OC4CCCC4)cc3)ncc2C(F)(F)F)cc1. The van der Waals surface area contributed by atoms with Gasteiger partial charge in [0.1, 0.15) is 17.1 Å². The summed E-state index contributed by atoms with van der Waals surface area (Å²) in [7, 11) is 0. The zero-order chi connectivity index (χ0) is 22.6. The van der Waals surface area contributed by atoms with Crippen LogP contribution in [0.2, 0.25) is 0 Å². The molecule has 1 saturated carbocycles. The quantitative estimate of drug-likeness (QED) is 0.478. The van der Waals surface area contributed by atoms with Crippen molar-refractivity contribution in [3.05, 3.63) is 65.9 Å². The van der Waals surface area contributed by atoms with Crippen molar-refractivity contribution < 1.29 is 17.9 Å². The average Bonchev–Trinajstić information content (AvgIpc) is 3.28. The van der Waals surface area contributed by atoms with Gasteiger partial charge in [0.2, 0.25) is 5.95 Å². The van der Waals surface area contributed by atoms with Gasteiger partial charge in [-0.15, -0.1) is 0 Å². The van der Waals surface area contributed by atoms with E-state index in [1.807, 2.05) is 6.07 Å². The molecule has 0 amide bonds. The second kappa shape index (κ2) is 9.14. The summed E-state index contributed by atoms with van der Waals surface area (Å²) in [5.41, 5.74) is 0.394. The molecule has 1 aliphatic rings. The van der Waals surface area contributed by atoms with Gasteiger partial charge in [0, 0.05) is 17.6 Å². The third-order valence-electron chi connectivity index (χ3n) is 5.09. The number of halogens is 3. The van der Waals surface area contributed by atoms with Crippen LogP contribution < -0.4 is 15.4 Å². The fourth-order valence-corrected chi connectivity index (χ4v) is 3.45. The number of rotatable bonds is 6. The molecular weight excluding hydrogens is 419 g/mol. The van der Waals surface area contributed by atoms with Gasteiger partial charge in [0.15, 0.2) is 0 Å². The maximum atomic E-state index is 13.4. The monoisotopic (exact) mass is 439 g/mol. The van der Waals surface area contributed by atoms with Crippen molar-refractivity contribution in [3.63, 3.8) is 0 Å². The van der Waals surface area contributed by atoms with E-state index in [4.69, 9.17) is 10.00 Å². The summed E-state index contributed by atoms with van der Waals surface area (Å²) in [4.78, 5) is 7.85. The van der Waals surface area contributed by atoms with Crippen LogP contribution in [0.25, 0.3) is 0 Å². The summed E-state index contributed by atoms with van der Waals surface area (Å²) in [5.74, 6) is 0.374. The van der Waals surface area contributed by atoms with Crippen LogP contribution >= 0.6 is 0 Å². The molecule has 0 radical (unpaired) electrons. The Morgan fingerprint density at radius 1 is 0.938 bits per heavy atom. The van der Waals surface area contributed by atoms with Gasteiger partial charge in [0.05, 0.1) is 17.7 Å². The molecular formula is C23H20F3N5O. The van der Waals surface area contributed by atoms with E-state index in [-0.39, 0.29) is 17.9 Å². The van der Waals surface area contributed by atoms with E-state index in [1.54, 1.807) is 24.3 Å². The van der Waals surface area contributed by atoms with Gasteiger partial charge < -0.3 is 15.4 Å². The molecule has 2 N–H and O–H groups in total. The van der Waals surface area contributed by atoms with E-state index in [0.717, 1.165) is 24.8 Å². The van der Waals surface area contributed by atoms with Crippen LogP contribution in [-0.4, -0.2) is 16.1 Å². The van der Waals surface area contributed by atoms with E-state index >= 15 is 0 Å². The number of ether oxygens (including phenoxy) is 1. The third-order valence-corrected chi connectivity index (χ3v) is 5.09. The normalized spacial score (nSPS) is 14.1. The topological polar surface area (TPSA) is 82.9 Å². The van der Waals surface area contributed by atoms with Gasteiger partial charge in [-0.1, -0.05) is 0 Å². The molecule has 0 atom stereocenters. The first-order valence-electron chi connectivity index (χ1n) is 10.2. The van der Waals surface area contributed by atoms with E-state index < -0.39 is 11.7 Å². The van der Waals surface area contributed by atoms with E-state index in [1.165, 1.54) is 37.1 Å². The minimum Gasteiger partial charge on any atom is -0.490 e. The number of anilines is 4. The molecule has 6 nitrogen and oxygen atoms in total. The Morgan fingerprint density at radius 2 is 1.56 bits per heavy atom. The number of benzene rings is 2. The van der Waals surface area contributed by atoms with Crippen molar-refractivity contribution in [2.75, 3.05) is 10.6 Å². The summed E-state index contributed by atoms with van der Waals surface area (Å²) in [6.07, 6.45) is 0.792. The van der Waals surface area contributed by atoms with Crippen LogP contribution in [0.5, 0.6) is 5.75 Å². The molecule has 1 aromatic heterocycles. The first kappa shape index (κ1) is 21.4. The van der Waals surface area contributed by atoms with Crippen LogP contribution in [0.4, 0.5) is 36.3 Å². The minimum absolute atomic E-state index is 0.0126. The summed E-state index contributed by atoms with van der Waals surface area (Å²) >= 11 is 0. The lowest BCUT2D eigenvalue weighted by Crippen LogP contribution is -2.12. The Kier molecular flexibility index (Phi) is 6.12. The summed E-state index contributed by atoms with van der Waals surface area (Å²) in [5, 5.41) is 14.5. The Bertz CT molecular complexity index is 1100. The van der Waals surface area contributed by atoms with Crippen molar-refractivity contribution >= 4 is 23.1 Å². The molecule has 1 heterocycles. The number of nitrogens with zero attached hydrogens (tertiary/aromatic N) is 3. The smallest absolute Gasteiger partial charge is 0.421 e. The molecule has 164 valence electrons. The predicted octanol–water partition coefficient (Wildman–Crippen LogP) is 6.18. The van der Waals surface area contributed by atoms with E-state index in [9.17, 15) is 13.2 Å². The summed E-state index contributed by atoms with van der Waals surface area (Å²) in [6, 6.07) is 15.1. The Hall–Kier alpha value is -3.80. The van der Waals surface area contributed by atoms with Crippen LogP contribution in [0.15, 0.2) is 54.7 Å². The largest absolute Gasteiger partial charge is 0.490 e. The standard InChI is InChI=1S/C23H20F3N5O/c24-23(25,26)20-14-28-22(31-21(20)29-16-7-5-15(13-27)6-8-16)30-17-9-11-19(12-10-17)32-18-3-1-2-4-18/h5-12,14,18H,1-4H2,(H2,28,29,30,31). The lowest BCUT2D eigenvalue weighted by Gasteiger charge is -2.15. The highest BCUT2D eigenvalue weighted by atomic mass is 19.4. The lowest BCUT2D eigenvalue weighted by atomic mass is 10.2. The highest BCUT2D eigenvalue weighted by Gasteiger charge is 2.35. The summed E-state index contributed by atoms with van der Waals surface area (Å²) < 4.78 is 46.2. The van der Waals surface area contributed by atoms with Crippen LogP contribution in [0.3, 0.4) is 0 Å². The number of hydrogen-bond donors (Lipinski definition) is 2. The fourth-order valence-electron chi connectivity index (χ4n) is 3.45. The molecule has 0 unspecified atom stereocenters. The third kappa shape index (κ3) is 5.27. The highest BCUT2D eigenvalue weighted by molar-refractivity contribution is 5.63. The molecule has 2 aromatic carbocycles. The van der Waals surface area contributed by atoms with Crippen molar-refractivity contribution in [1.82, 2.24) is 9.97 Å². The Labute approximate surface area is 183 Å². The fraction of sp³-hybridized carbons (Fsp3) is 0.261. The Balaban J connectivity index is 1.52. The second-order valence-corrected chi connectivity index (χ2v) is 7.44. The van der Waals surface area contributed by atoms with E-state index in [0.29, 0.717) is 16.9 Å². The predicted molar refractivity (Wildman–Crippen MR) is 114 cm³/mol. The van der Waals surface area contributed by atoms with Gasteiger partial charge >= 0.3 is 6.18 Å². The molecule has 0 bridgehead atoms. The maximum Gasteiger partial charge on any atom is 0.421 e. The number of hydrogen-bond acceptors (Lipinski definition) is 6. The zero-order valence-electron chi connectivity index (χ0n) is 17.0. The van der Waals surface area contributed by atoms with Gasteiger partial charge in [-0.25, -0.2) is 4.98 Å². The van der Waals surface area contributed by atoms with Gasteiger partial charge in [-0.3, -0.25) is 0 Å². The molecule has 3 aromatic rings. The molecule has 4 rings (SSSR count). The summed E-state index contributed by atoms with van der Waals surface area (Å²) in [6.45, 7) is 0. The zero-order valence-corrected chi connectivity index (χ0v) is 17.0. The van der Waals surface area contributed by atoms with Gasteiger partial charge in [-0.05, 0) is 74.2 Å². The minimum atomic E-state index is -4.63. The average molecular weight is 439 g/mol. The molecule has 1 aliphatic carbocycles. The number of nitrogens with one attached hydrogen (secondary N) is 2. The van der Waals surface area contributed by atoms with Crippen LogP contribution in [0, 0.1) is 11.3 Å². The van der Waals surface area contributed by atoms with Gasteiger partial charge in [-0.2, -0.15) is 23.4 Å². The van der Waals surface area contributed by atoms with Crippen molar-refractivity contribution in [1.29, 1.82) is 5.26 Å². The highest BCUT2D eigenvalue weighted by Crippen LogP contribution is 2.35. The molecule has 0 spiro atoms. The first-order valence-corrected chi connectivity index (χ1v) is 10.2. The molecule has 0 aliphatic heterocycles. The van der Waals surface area contributed by atoms with Crippen LogP contribution in [-0.2, 0) is 6.18 Å².